The molecule has 0 bridgehead atoms. The lowest BCUT2D eigenvalue weighted by Gasteiger charge is -2.40. The number of carbonyl (C=O) groups is 2. The smallest absolute Gasteiger partial charge is 0.408 e. The molecular weight excluding hydrogens is 415 g/mol. The summed E-state index contributed by atoms with van der Waals surface area (Å²) in [6.45, 7) is 8.41. The van der Waals surface area contributed by atoms with Crippen LogP contribution in [0.4, 0.5) is 21.0 Å². The van der Waals surface area contributed by atoms with Crippen LogP contribution in [0.5, 0.6) is 0 Å². The monoisotopic (exact) mass is 444 g/mol. The average Bonchev–Trinajstić information content (AvgIpc) is 2.65. The van der Waals surface area contributed by atoms with Crippen molar-refractivity contribution in [3.05, 3.63) is 35.8 Å². The number of carbonyl (C=O) groups excluding carboxylic acids is 2. The van der Waals surface area contributed by atoms with E-state index in [1.807, 2.05) is 32.6 Å². The number of nitrogens with one attached hydrogen (secondary N) is 1. The molecule has 0 atom stereocenters. The molecule has 32 heavy (non-hydrogen) atoms. The van der Waals surface area contributed by atoms with Crippen LogP contribution in [0, 0.1) is 5.82 Å². The van der Waals surface area contributed by atoms with E-state index in [9.17, 15) is 14.0 Å². The van der Waals surface area contributed by atoms with Crippen LogP contribution in [0.25, 0.3) is 11.1 Å². The molecule has 9 nitrogen and oxygen atoms in total. The van der Waals surface area contributed by atoms with E-state index in [2.05, 4.69) is 15.3 Å². The number of primary amides is 1. The fraction of sp³-hybridized carbons (Fsp3) is 0.455. The lowest BCUT2D eigenvalue weighted by molar-refractivity contribution is 0.0448. The SMILES string of the molecule is CC1(NC(=O)OC(C)(C)C)CCN(c2nc(N)c(-c3cccc(F)c3)c(C(N)=O)n2)CC1. The van der Waals surface area contributed by atoms with E-state index in [0.29, 0.717) is 31.5 Å². The molecule has 2 aromatic rings. The van der Waals surface area contributed by atoms with Crippen molar-refractivity contribution in [2.75, 3.05) is 23.7 Å². The van der Waals surface area contributed by atoms with Gasteiger partial charge in [0, 0.05) is 18.6 Å². The van der Waals surface area contributed by atoms with Gasteiger partial charge in [0.05, 0.1) is 5.56 Å². The van der Waals surface area contributed by atoms with Gasteiger partial charge in [-0.1, -0.05) is 12.1 Å². The minimum Gasteiger partial charge on any atom is -0.444 e. The highest BCUT2D eigenvalue weighted by Gasteiger charge is 2.34. The van der Waals surface area contributed by atoms with Gasteiger partial charge in [0.25, 0.3) is 5.91 Å². The summed E-state index contributed by atoms with van der Waals surface area (Å²) in [7, 11) is 0. The fourth-order valence-electron chi connectivity index (χ4n) is 3.59. The predicted octanol–water partition coefficient (Wildman–Crippen LogP) is 2.85. The molecule has 1 fully saturated rings. The van der Waals surface area contributed by atoms with Crippen LogP contribution >= 0.6 is 0 Å². The number of rotatable bonds is 4. The Hall–Kier alpha value is -3.43. The zero-order valence-electron chi connectivity index (χ0n) is 18.7. The minimum absolute atomic E-state index is 0.0367. The summed E-state index contributed by atoms with van der Waals surface area (Å²) in [5.41, 5.74) is 11.2. The van der Waals surface area contributed by atoms with E-state index in [0.717, 1.165) is 0 Å². The van der Waals surface area contributed by atoms with E-state index < -0.39 is 29.0 Å². The third-order valence-electron chi connectivity index (χ3n) is 5.22. The number of hydrogen-bond donors (Lipinski definition) is 3. The van der Waals surface area contributed by atoms with E-state index >= 15 is 0 Å². The third-order valence-corrected chi connectivity index (χ3v) is 5.22. The van der Waals surface area contributed by atoms with Crippen molar-refractivity contribution in [1.82, 2.24) is 15.3 Å². The van der Waals surface area contributed by atoms with E-state index in [1.54, 1.807) is 6.07 Å². The molecule has 1 saturated heterocycles. The Kier molecular flexibility index (Phi) is 6.25. The summed E-state index contributed by atoms with van der Waals surface area (Å²) in [6.07, 6.45) is 0.740. The minimum atomic E-state index is -0.784. The number of hydrogen-bond acceptors (Lipinski definition) is 7. The van der Waals surface area contributed by atoms with Crippen LogP contribution in [0.15, 0.2) is 24.3 Å². The molecule has 5 N–H and O–H groups in total. The standard InChI is InChI=1S/C22H29FN6O3/c1-21(2,3)32-20(31)28-22(4)8-10-29(11-9-22)19-26-16(18(25)30)15(17(24)27-19)13-6-5-7-14(23)12-13/h5-7,12H,8-11H2,1-4H3,(H2,25,30)(H,28,31)(H2,24,26,27). The quantitative estimate of drug-likeness (QED) is 0.659. The molecule has 2 heterocycles. The molecule has 2 amide bonds. The Morgan fingerprint density at radius 2 is 1.88 bits per heavy atom. The number of halogens is 1. The first-order chi connectivity index (χ1) is 14.9. The highest BCUT2D eigenvalue weighted by Crippen LogP contribution is 2.31. The summed E-state index contributed by atoms with van der Waals surface area (Å²) < 4.78 is 19.1. The van der Waals surface area contributed by atoms with Gasteiger partial charge in [-0.2, -0.15) is 4.98 Å². The predicted molar refractivity (Wildman–Crippen MR) is 120 cm³/mol. The zero-order valence-corrected chi connectivity index (χ0v) is 18.7. The summed E-state index contributed by atoms with van der Waals surface area (Å²) in [6, 6.07) is 5.65. The second kappa shape index (κ2) is 8.60. The Morgan fingerprint density at radius 1 is 1.22 bits per heavy atom. The molecule has 0 unspecified atom stereocenters. The molecule has 1 aromatic heterocycles. The Balaban J connectivity index is 1.80. The fourth-order valence-corrected chi connectivity index (χ4v) is 3.59. The van der Waals surface area contributed by atoms with Gasteiger partial charge in [-0.15, -0.1) is 0 Å². The van der Waals surface area contributed by atoms with Gasteiger partial charge in [0.15, 0.2) is 0 Å². The van der Waals surface area contributed by atoms with Gasteiger partial charge < -0.3 is 26.4 Å². The first-order valence-electron chi connectivity index (χ1n) is 10.4. The maximum Gasteiger partial charge on any atom is 0.408 e. The van der Waals surface area contributed by atoms with Crippen molar-refractivity contribution in [3.8, 4) is 11.1 Å². The molecule has 172 valence electrons. The lowest BCUT2D eigenvalue weighted by Crippen LogP contribution is -2.54. The second-order valence-corrected chi connectivity index (χ2v) is 9.18. The number of amides is 2. The van der Waals surface area contributed by atoms with Crippen LogP contribution in [-0.2, 0) is 4.74 Å². The normalized spacial score (nSPS) is 15.8. The maximum absolute atomic E-state index is 13.7. The van der Waals surface area contributed by atoms with Crippen LogP contribution in [0.3, 0.4) is 0 Å². The molecule has 0 aliphatic carbocycles. The van der Waals surface area contributed by atoms with Gasteiger partial charge >= 0.3 is 6.09 Å². The number of nitrogens with two attached hydrogens (primary N) is 2. The largest absolute Gasteiger partial charge is 0.444 e. The van der Waals surface area contributed by atoms with E-state index in [1.165, 1.54) is 18.2 Å². The summed E-state index contributed by atoms with van der Waals surface area (Å²) in [5, 5.41) is 2.94. The van der Waals surface area contributed by atoms with Crippen LogP contribution in [0.1, 0.15) is 51.0 Å². The summed E-state index contributed by atoms with van der Waals surface area (Å²) in [4.78, 5) is 34.9. The number of nitrogen functional groups attached to an aromatic ring is 1. The van der Waals surface area contributed by atoms with Crippen molar-refractivity contribution < 1.29 is 18.7 Å². The van der Waals surface area contributed by atoms with E-state index in [-0.39, 0.29) is 23.0 Å². The number of nitrogens with zero attached hydrogens (tertiary/aromatic N) is 3. The number of anilines is 2. The first kappa shape index (κ1) is 23.2. The van der Waals surface area contributed by atoms with Gasteiger partial charge in [-0.3, -0.25) is 4.79 Å². The molecule has 1 aliphatic heterocycles. The van der Waals surface area contributed by atoms with Gasteiger partial charge in [-0.05, 0) is 58.2 Å². The highest BCUT2D eigenvalue weighted by molar-refractivity contribution is 6.00. The number of benzene rings is 1. The second-order valence-electron chi connectivity index (χ2n) is 9.18. The van der Waals surface area contributed by atoms with E-state index in [4.69, 9.17) is 16.2 Å². The van der Waals surface area contributed by atoms with Gasteiger partial charge in [0.1, 0.15) is 22.9 Å². The zero-order chi connectivity index (χ0) is 23.7. The third kappa shape index (κ3) is 5.43. The Labute approximate surface area is 186 Å². The summed E-state index contributed by atoms with van der Waals surface area (Å²) in [5.74, 6) is -0.965. The van der Waals surface area contributed by atoms with Crippen molar-refractivity contribution in [3.63, 3.8) is 0 Å². The number of piperidine rings is 1. The molecule has 1 aliphatic rings. The molecule has 0 spiro atoms. The Morgan fingerprint density at radius 3 is 2.44 bits per heavy atom. The molecule has 10 heteroatoms. The van der Waals surface area contributed by atoms with Crippen molar-refractivity contribution in [2.45, 2.75) is 51.7 Å². The molecular formula is C22H29FN6O3. The maximum atomic E-state index is 13.7. The molecule has 3 rings (SSSR count). The number of ether oxygens (including phenoxy) is 1. The average molecular weight is 445 g/mol. The van der Waals surface area contributed by atoms with Crippen molar-refractivity contribution >= 4 is 23.8 Å². The van der Waals surface area contributed by atoms with Crippen molar-refractivity contribution in [1.29, 1.82) is 0 Å². The van der Waals surface area contributed by atoms with Crippen molar-refractivity contribution in [2.24, 2.45) is 5.73 Å². The highest BCUT2D eigenvalue weighted by atomic mass is 19.1. The van der Waals surface area contributed by atoms with Crippen LogP contribution in [-0.4, -0.2) is 46.2 Å². The topological polar surface area (TPSA) is 136 Å². The Bertz CT molecular complexity index is 1030. The van der Waals surface area contributed by atoms with Crippen LogP contribution in [0.2, 0.25) is 0 Å². The molecule has 0 saturated carbocycles. The number of aromatic nitrogens is 2. The van der Waals surface area contributed by atoms with Gasteiger partial charge in [-0.25, -0.2) is 14.2 Å². The summed E-state index contributed by atoms with van der Waals surface area (Å²) >= 11 is 0. The lowest BCUT2D eigenvalue weighted by atomic mass is 9.90. The van der Waals surface area contributed by atoms with Gasteiger partial charge in [0.2, 0.25) is 5.95 Å². The first-order valence-corrected chi connectivity index (χ1v) is 10.4. The molecule has 1 aromatic carbocycles. The molecule has 0 radical (unpaired) electrons. The number of alkyl carbamates (subject to hydrolysis) is 1. The van der Waals surface area contributed by atoms with Crippen LogP contribution < -0.4 is 21.7 Å².